The zero-order valence-corrected chi connectivity index (χ0v) is 15.3. The highest BCUT2D eigenvalue weighted by Crippen LogP contribution is 2.25. The van der Waals surface area contributed by atoms with Crippen molar-refractivity contribution in [1.29, 1.82) is 0 Å². The highest BCUT2D eigenvalue weighted by Gasteiger charge is 2.34. The molecule has 0 bridgehead atoms. The van der Waals surface area contributed by atoms with Crippen molar-refractivity contribution in [2.75, 3.05) is 13.2 Å². The maximum Gasteiger partial charge on any atom is 0.318 e. The number of rotatable bonds is 5. The normalized spacial score (nSPS) is 20.5. The molecule has 0 aliphatic carbocycles. The number of hydrogen-bond acceptors (Lipinski definition) is 3. The van der Waals surface area contributed by atoms with Crippen molar-refractivity contribution in [3.63, 3.8) is 0 Å². The largest absolute Gasteiger partial charge is 0.394 e. The second-order valence-electron chi connectivity index (χ2n) is 6.91. The third kappa shape index (κ3) is 4.46. The van der Waals surface area contributed by atoms with Gasteiger partial charge in [-0.05, 0) is 41.7 Å². The molecule has 3 atom stereocenters. The first kappa shape index (κ1) is 19.3. The van der Waals surface area contributed by atoms with Crippen molar-refractivity contribution in [3.8, 4) is 0 Å². The van der Waals surface area contributed by atoms with Crippen LogP contribution in [0.15, 0.2) is 48.5 Å². The van der Waals surface area contributed by atoms with Gasteiger partial charge in [0.1, 0.15) is 5.82 Å². The quantitative estimate of drug-likeness (QED) is 0.755. The van der Waals surface area contributed by atoms with Gasteiger partial charge >= 0.3 is 6.03 Å². The number of benzene rings is 2. The molecule has 3 N–H and O–H groups in total. The number of urea groups is 1. The van der Waals surface area contributed by atoms with Gasteiger partial charge in [0.25, 0.3) is 0 Å². The Morgan fingerprint density at radius 2 is 2.00 bits per heavy atom. The summed E-state index contributed by atoms with van der Waals surface area (Å²) < 4.78 is 13.8. The van der Waals surface area contributed by atoms with E-state index in [-0.39, 0.29) is 25.0 Å². The van der Waals surface area contributed by atoms with Crippen LogP contribution in [0.1, 0.15) is 36.1 Å². The maximum absolute atomic E-state index is 13.8. The number of likely N-dealkylation sites (tertiary alicyclic amines) is 1. The van der Waals surface area contributed by atoms with Gasteiger partial charge in [0, 0.05) is 6.54 Å². The van der Waals surface area contributed by atoms with E-state index < -0.39 is 18.2 Å². The summed E-state index contributed by atoms with van der Waals surface area (Å²) in [5.74, 6) is -0.373. The highest BCUT2D eigenvalue weighted by molar-refractivity contribution is 5.76. The summed E-state index contributed by atoms with van der Waals surface area (Å²) in [4.78, 5) is 14.3. The molecule has 144 valence electrons. The second kappa shape index (κ2) is 8.50. The number of carbonyl (C=O) groups excluding carboxylic acids is 1. The standard InChI is InChI=1S/C21H25FN2O3/c1-2-14-6-8-15(9-7-14)20(16-4-3-5-17(22)10-16)23-21(27)24-12-19(26)11-18(24)13-25/h3-10,18-20,25-26H,2,11-13H2,1H3,(H,23,27)/t18-,19-,20?/m0/s1. The third-order valence-electron chi connectivity index (χ3n) is 5.04. The Kier molecular flexibility index (Phi) is 6.08. The van der Waals surface area contributed by atoms with Gasteiger partial charge in [-0.2, -0.15) is 0 Å². The topological polar surface area (TPSA) is 72.8 Å². The van der Waals surface area contributed by atoms with Crippen LogP contribution in [0.3, 0.4) is 0 Å². The molecule has 3 rings (SSSR count). The third-order valence-corrected chi connectivity index (χ3v) is 5.04. The lowest BCUT2D eigenvalue weighted by Crippen LogP contribution is -2.45. The average molecular weight is 372 g/mol. The van der Waals surface area contributed by atoms with E-state index in [2.05, 4.69) is 12.2 Å². The smallest absolute Gasteiger partial charge is 0.318 e. The number of aliphatic hydroxyl groups excluding tert-OH is 2. The number of hydrogen-bond donors (Lipinski definition) is 3. The van der Waals surface area contributed by atoms with Crippen LogP contribution >= 0.6 is 0 Å². The zero-order chi connectivity index (χ0) is 19.4. The Labute approximate surface area is 158 Å². The molecule has 1 unspecified atom stereocenters. The molecule has 0 aromatic heterocycles. The Balaban J connectivity index is 1.88. The molecule has 27 heavy (non-hydrogen) atoms. The summed E-state index contributed by atoms with van der Waals surface area (Å²) >= 11 is 0. The summed E-state index contributed by atoms with van der Waals surface area (Å²) in [5, 5.41) is 22.3. The highest BCUT2D eigenvalue weighted by atomic mass is 19.1. The number of nitrogens with zero attached hydrogens (tertiary/aromatic N) is 1. The Bertz CT molecular complexity index is 781. The fourth-order valence-corrected chi connectivity index (χ4v) is 3.51. The maximum atomic E-state index is 13.8. The summed E-state index contributed by atoms with van der Waals surface area (Å²) in [6.45, 7) is 2.02. The predicted molar refractivity (Wildman–Crippen MR) is 101 cm³/mol. The van der Waals surface area contributed by atoms with E-state index in [1.165, 1.54) is 22.6 Å². The van der Waals surface area contributed by atoms with E-state index in [1.54, 1.807) is 12.1 Å². The van der Waals surface area contributed by atoms with Crippen molar-refractivity contribution >= 4 is 6.03 Å². The van der Waals surface area contributed by atoms with Crippen molar-refractivity contribution in [2.45, 2.75) is 38.0 Å². The first-order valence-corrected chi connectivity index (χ1v) is 9.22. The Hall–Kier alpha value is -2.44. The minimum atomic E-state index is -0.649. The minimum absolute atomic E-state index is 0.168. The van der Waals surface area contributed by atoms with Crippen LogP contribution in [0, 0.1) is 5.82 Å². The van der Waals surface area contributed by atoms with Crippen molar-refractivity contribution in [3.05, 3.63) is 71.0 Å². The van der Waals surface area contributed by atoms with Crippen molar-refractivity contribution in [2.24, 2.45) is 0 Å². The van der Waals surface area contributed by atoms with Gasteiger partial charge in [-0.25, -0.2) is 9.18 Å². The Morgan fingerprint density at radius 3 is 2.63 bits per heavy atom. The van der Waals surface area contributed by atoms with E-state index in [0.29, 0.717) is 12.0 Å². The van der Waals surface area contributed by atoms with Crippen LogP contribution in [0.2, 0.25) is 0 Å². The molecule has 0 spiro atoms. The van der Waals surface area contributed by atoms with E-state index in [4.69, 9.17) is 0 Å². The van der Waals surface area contributed by atoms with E-state index in [1.807, 2.05) is 24.3 Å². The number of nitrogens with one attached hydrogen (secondary N) is 1. The predicted octanol–water partition coefficient (Wildman–Crippen LogP) is 2.61. The van der Waals surface area contributed by atoms with Crippen LogP contribution in [-0.4, -0.2) is 46.4 Å². The lowest BCUT2D eigenvalue weighted by molar-refractivity contribution is 0.153. The van der Waals surface area contributed by atoms with Gasteiger partial charge in [0.15, 0.2) is 0 Å². The summed E-state index contributed by atoms with van der Waals surface area (Å²) in [7, 11) is 0. The second-order valence-corrected chi connectivity index (χ2v) is 6.91. The van der Waals surface area contributed by atoms with Crippen LogP contribution < -0.4 is 5.32 Å². The molecule has 1 saturated heterocycles. The monoisotopic (exact) mass is 372 g/mol. The molecule has 2 aromatic carbocycles. The first-order valence-electron chi connectivity index (χ1n) is 9.22. The van der Waals surface area contributed by atoms with Crippen molar-refractivity contribution < 1.29 is 19.4 Å². The van der Waals surface area contributed by atoms with E-state index >= 15 is 0 Å². The SMILES string of the molecule is CCc1ccc(C(NC(=O)N2C[C@@H](O)C[C@H]2CO)c2cccc(F)c2)cc1. The number of amides is 2. The van der Waals surface area contributed by atoms with Gasteiger partial charge < -0.3 is 20.4 Å². The van der Waals surface area contributed by atoms with Crippen LogP contribution in [0.25, 0.3) is 0 Å². The van der Waals surface area contributed by atoms with Crippen LogP contribution in [-0.2, 0) is 6.42 Å². The fourth-order valence-electron chi connectivity index (χ4n) is 3.51. The number of aryl methyl sites for hydroxylation is 1. The van der Waals surface area contributed by atoms with Crippen LogP contribution in [0.4, 0.5) is 9.18 Å². The molecule has 0 radical (unpaired) electrons. The van der Waals surface area contributed by atoms with Gasteiger partial charge in [-0.3, -0.25) is 0 Å². The number of carbonyl (C=O) groups is 1. The average Bonchev–Trinajstić information content (AvgIpc) is 3.07. The molecular formula is C21H25FN2O3. The first-order chi connectivity index (χ1) is 13.0. The minimum Gasteiger partial charge on any atom is -0.394 e. The zero-order valence-electron chi connectivity index (χ0n) is 15.3. The van der Waals surface area contributed by atoms with E-state index in [0.717, 1.165) is 12.0 Å². The molecule has 6 heteroatoms. The lowest BCUT2D eigenvalue weighted by Gasteiger charge is -2.27. The molecule has 5 nitrogen and oxygen atoms in total. The summed E-state index contributed by atoms with van der Waals surface area (Å²) in [6.07, 6.45) is 0.602. The number of halogens is 1. The number of β-amino-alcohol motifs (C(OH)–C–C–N with tert-alkyl or cyclic N) is 1. The van der Waals surface area contributed by atoms with Gasteiger partial charge in [0.2, 0.25) is 0 Å². The molecule has 1 fully saturated rings. The molecule has 1 aliphatic rings. The molecule has 1 heterocycles. The molecule has 2 aromatic rings. The van der Waals surface area contributed by atoms with Crippen LogP contribution in [0.5, 0.6) is 0 Å². The Morgan fingerprint density at radius 1 is 1.26 bits per heavy atom. The van der Waals surface area contributed by atoms with Gasteiger partial charge in [0.05, 0.1) is 24.8 Å². The van der Waals surface area contributed by atoms with Crippen molar-refractivity contribution in [1.82, 2.24) is 10.2 Å². The fraction of sp³-hybridized carbons (Fsp3) is 0.381. The molecule has 0 saturated carbocycles. The number of aliphatic hydroxyl groups is 2. The molecule has 2 amide bonds. The summed E-state index contributed by atoms with van der Waals surface area (Å²) in [6, 6.07) is 12.6. The van der Waals surface area contributed by atoms with Gasteiger partial charge in [-0.1, -0.05) is 43.3 Å². The van der Waals surface area contributed by atoms with Gasteiger partial charge in [-0.15, -0.1) is 0 Å². The molecule has 1 aliphatic heterocycles. The molecular weight excluding hydrogens is 347 g/mol. The lowest BCUT2D eigenvalue weighted by atomic mass is 9.97. The summed E-state index contributed by atoms with van der Waals surface area (Å²) in [5.41, 5.74) is 2.64. The van der Waals surface area contributed by atoms with E-state index in [9.17, 15) is 19.4 Å².